The molecule has 2 aromatic rings. The first-order chi connectivity index (χ1) is 14.0. The number of hydrogen-bond donors (Lipinski definition) is 0. The third-order valence-corrected chi connectivity index (χ3v) is 6.57. The van der Waals surface area contributed by atoms with Crippen molar-refractivity contribution in [2.75, 3.05) is 6.61 Å². The Morgan fingerprint density at radius 2 is 1.79 bits per heavy atom. The van der Waals surface area contributed by atoms with Crippen molar-refractivity contribution >= 4 is 11.6 Å². The van der Waals surface area contributed by atoms with Crippen LogP contribution in [-0.2, 0) is 15.1 Å². The number of fused-ring (bicyclic) bond motifs is 1. The van der Waals surface area contributed by atoms with Crippen molar-refractivity contribution in [1.82, 2.24) is 0 Å². The predicted molar refractivity (Wildman–Crippen MR) is 119 cm³/mol. The van der Waals surface area contributed by atoms with Gasteiger partial charge in [0.15, 0.2) is 5.60 Å². The summed E-state index contributed by atoms with van der Waals surface area (Å²) in [6.45, 7) is 9.67. The smallest absolute Gasteiger partial charge is 0.222 e. The van der Waals surface area contributed by atoms with Crippen LogP contribution in [0.15, 0.2) is 59.6 Å². The lowest BCUT2D eigenvalue weighted by Crippen LogP contribution is -2.41. The maximum Gasteiger partial charge on any atom is 0.222 e. The van der Waals surface area contributed by atoms with Crippen LogP contribution in [0.4, 0.5) is 5.69 Å². The highest BCUT2D eigenvalue weighted by atomic mass is 16.6. The molecule has 154 valence electrons. The van der Waals surface area contributed by atoms with E-state index in [1.807, 2.05) is 36.4 Å². The number of rotatable bonds is 5. The Bertz CT molecular complexity index is 860. The minimum Gasteiger partial charge on any atom is -0.463 e. The molecule has 0 N–H and O–H groups in total. The topological polar surface area (TPSA) is 30.8 Å². The zero-order chi connectivity index (χ0) is 20.4. The number of hydrogen-bond acceptors (Lipinski definition) is 3. The highest BCUT2D eigenvalue weighted by molar-refractivity contribution is 5.97. The molecule has 3 nitrogen and oxygen atoms in total. The summed E-state index contributed by atoms with van der Waals surface area (Å²) in [7, 11) is 0. The number of benzene rings is 2. The van der Waals surface area contributed by atoms with E-state index in [9.17, 15) is 0 Å². The molecule has 0 spiro atoms. The summed E-state index contributed by atoms with van der Waals surface area (Å²) in [5.74, 6) is 2.66. The van der Waals surface area contributed by atoms with Gasteiger partial charge in [-0.2, -0.15) is 0 Å². The van der Waals surface area contributed by atoms with E-state index in [2.05, 4.69) is 45.9 Å². The summed E-state index contributed by atoms with van der Waals surface area (Å²) in [4.78, 5) is 4.80. The van der Waals surface area contributed by atoms with Crippen LogP contribution in [0.5, 0.6) is 0 Å². The van der Waals surface area contributed by atoms with Gasteiger partial charge in [0.25, 0.3) is 0 Å². The molecule has 4 atom stereocenters. The highest BCUT2D eigenvalue weighted by Gasteiger charge is 2.39. The van der Waals surface area contributed by atoms with E-state index in [1.54, 1.807) is 0 Å². The maximum atomic E-state index is 6.63. The second-order valence-corrected chi connectivity index (χ2v) is 9.31. The van der Waals surface area contributed by atoms with Crippen molar-refractivity contribution in [3.8, 4) is 0 Å². The molecule has 4 rings (SSSR count). The van der Waals surface area contributed by atoms with Crippen LogP contribution in [0, 0.1) is 17.8 Å². The van der Waals surface area contributed by atoms with Crippen molar-refractivity contribution in [3.05, 3.63) is 65.7 Å². The first-order valence-corrected chi connectivity index (χ1v) is 11.0. The molecular formula is C26H33NO2. The van der Waals surface area contributed by atoms with E-state index in [1.165, 1.54) is 12.8 Å². The molecule has 1 aliphatic carbocycles. The van der Waals surface area contributed by atoms with Gasteiger partial charge < -0.3 is 9.47 Å². The molecule has 1 fully saturated rings. The first-order valence-electron chi connectivity index (χ1n) is 11.0. The maximum absolute atomic E-state index is 6.63. The molecule has 2 aliphatic rings. The molecule has 3 heteroatoms. The molecule has 0 amide bonds. The van der Waals surface area contributed by atoms with Gasteiger partial charge in [-0.1, -0.05) is 63.6 Å². The molecule has 0 saturated heterocycles. The third-order valence-electron chi connectivity index (χ3n) is 6.57. The summed E-state index contributed by atoms with van der Waals surface area (Å²) in [6.07, 6.45) is 4.00. The fourth-order valence-corrected chi connectivity index (χ4v) is 4.80. The van der Waals surface area contributed by atoms with Gasteiger partial charge in [0, 0.05) is 11.1 Å². The van der Waals surface area contributed by atoms with Gasteiger partial charge in [0.1, 0.15) is 0 Å². The Morgan fingerprint density at radius 3 is 2.55 bits per heavy atom. The van der Waals surface area contributed by atoms with Gasteiger partial charge in [-0.25, -0.2) is 4.99 Å². The van der Waals surface area contributed by atoms with Crippen molar-refractivity contribution in [2.24, 2.45) is 22.7 Å². The standard InChI is InChI=1S/C26H33NO2/c1-18(2)21-15-14-19(3)16-24(21)28-17-26(4)22-12-8-9-13-23(22)27-25(29-26)20-10-6-5-7-11-20/h5-13,18-19,21,24H,14-17H2,1-4H3/t19-,21+,24-,26?/m1/s1. The van der Waals surface area contributed by atoms with Gasteiger partial charge >= 0.3 is 0 Å². The van der Waals surface area contributed by atoms with E-state index in [4.69, 9.17) is 14.5 Å². The lowest BCUT2D eigenvalue weighted by Gasteiger charge is -2.41. The summed E-state index contributed by atoms with van der Waals surface area (Å²) in [5.41, 5.74) is 2.52. The van der Waals surface area contributed by atoms with Crippen LogP contribution in [0.25, 0.3) is 0 Å². The average molecular weight is 392 g/mol. The molecule has 0 radical (unpaired) electrons. The number of ether oxygens (including phenoxy) is 2. The number of para-hydroxylation sites is 1. The van der Waals surface area contributed by atoms with Gasteiger partial charge in [0.05, 0.1) is 18.4 Å². The van der Waals surface area contributed by atoms with E-state index in [0.29, 0.717) is 30.4 Å². The fourth-order valence-electron chi connectivity index (χ4n) is 4.80. The highest BCUT2D eigenvalue weighted by Crippen LogP contribution is 2.41. The second-order valence-electron chi connectivity index (χ2n) is 9.31. The first kappa shape index (κ1) is 20.2. The molecule has 2 aromatic carbocycles. The van der Waals surface area contributed by atoms with Crippen LogP contribution < -0.4 is 0 Å². The summed E-state index contributed by atoms with van der Waals surface area (Å²) in [6, 6.07) is 18.4. The molecule has 1 aliphatic heterocycles. The number of aliphatic imine (C=N–C) groups is 1. The Balaban J connectivity index is 1.59. The van der Waals surface area contributed by atoms with Crippen molar-refractivity contribution in [2.45, 2.75) is 58.7 Å². The van der Waals surface area contributed by atoms with Crippen LogP contribution in [0.1, 0.15) is 58.1 Å². The Labute approximate surface area is 175 Å². The molecule has 29 heavy (non-hydrogen) atoms. The lowest BCUT2D eigenvalue weighted by atomic mass is 9.75. The molecular weight excluding hydrogens is 358 g/mol. The van der Waals surface area contributed by atoms with Gasteiger partial charge in [-0.15, -0.1) is 0 Å². The SMILES string of the molecule is CC(C)[C@@H]1CC[C@@H](C)C[C@H]1OCC1(C)OC(c2ccccc2)=Nc2ccccc21. The minimum absolute atomic E-state index is 0.297. The van der Waals surface area contributed by atoms with Crippen LogP contribution in [0.2, 0.25) is 0 Å². The van der Waals surface area contributed by atoms with E-state index >= 15 is 0 Å². The monoisotopic (exact) mass is 391 g/mol. The van der Waals surface area contributed by atoms with Crippen LogP contribution in [-0.4, -0.2) is 18.6 Å². The molecule has 0 bridgehead atoms. The van der Waals surface area contributed by atoms with E-state index in [-0.39, 0.29) is 0 Å². The van der Waals surface area contributed by atoms with Gasteiger partial charge in [-0.3, -0.25) is 0 Å². The minimum atomic E-state index is -0.550. The quantitative estimate of drug-likeness (QED) is 0.583. The molecule has 1 unspecified atom stereocenters. The Hall–Kier alpha value is -2.13. The van der Waals surface area contributed by atoms with Crippen molar-refractivity contribution in [3.63, 3.8) is 0 Å². The van der Waals surface area contributed by atoms with E-state index < -0.39 is 5.60 Å². The summed E-state index contributed by atoms with van der Waals surface area (Å²) < 4.78 is 13.2. The normalized spacial score (nSPS) is 29.1. The second kappa shape index (κ2) is 8.31. The zero-order valence-corrected chi connectivity index (χ0v) is 18.1. The van der Waals surface area contributed by atoms with Gasteiger partial charge in [0.2, 0.25) is 5.90 Å². The Kier molecular flexibility index (Phi) is 5.78. The van der Waals surface area contributed by atoms with Crippen molar-refractivity contribution < 1.29 is 9.47 Å². The summed E-state index contributed by atoms with van der Waals surface area (Å²) in [5, 5.41) is 0. The molecule has 1 saturated carbocycles. The summed E-state index contributed by atoms with van der Waals surface area (Å²) >= 11 is 0. The zero-order valence-electron chi connectivity index (χ0n) is 18.1. The molecule has 0 aromatic heterocycles. The predicted octanol–water partition coefficient (Wildman–Crippen LogP) is 6.49. The lowest BCUT2D eigenvalue weighted by molar-refractivity contribution is -0.0996. The van der Waals surface area contributed by atoms with E-state index in [0.717, 1.165) is 29.2 Å². The number of nitrogens with zero attached hydrogens (tertiary/aromatic N) is 1. The largest absolute Gasteiger partial charge is 0.463 e. The Morgan fingerprint density at radius 1 is 1.07 bits per heavy atom. The van der Waals surface area contributed by atoms with Gasteiger partial charge in [-0.05, 0) is 55.7 Å². The average Bonchev–Trinajstić information content (AvgIpc) is 2.73. The van der Waals surface area contributed by atoms with Crippen molar-refractivity contribution in [1.29, 1.82) is 0 Å². The fraction of sp³-hybridized carbons (Fsp3) is 0.500. The van der Waals surface area contributed by atoms with Crippen LogP contribution in [0.3, 0.4) is 0 Å². The molecule has 1 heterocycles. The van der Waals surface area contributed by atoms with Crippen LogP contribution >= 0.6 is 0 Å². The third kappa shape index (κ3) is 4.25.